The SMILES string of the molecule is COC(=O)c1cc(C)cc(-c2ccc3c(c2C)C(O)[C@H](C)CO3)c1. The molecule has 2 aromatic carbocycles. The van der Waals surface area contributed by atoms with Crippen LogP contribution in [0.15, 0.2) is 30.3 Å². The van der Waals surface area contributed by atoms with Crippen LogP contribution in [0, 0.1) is 19.8 Å². The number of aryl methyl sites for hydroxylation is 1. The quantitative estimate of drug-likeness (QED) is 0.853. The maximum Gasteiger partial charge on any atom is 0.337 e. The van der Waals surface area contributed by atoms with Gasteiger partial charge in [-0.15, -0.1) is 0 Å². The Morgan fingerprint density at radius 3 is 2.71 bits per heavy atom. The Hall–Kier alpha value is -2.33. The van der Waals surface area contributed by atoms with Crippen molar-refractivity contribution in [3.05, 3.63) is 52.6 Å². The van der Waals surface area contributed by atoms with E-state index in [0.717, 1.165) is 33.6 Å². The summed E-state index contributed by atoms with van der Waals surface area (Å²) in [6.07, 6.45) is -0.543. The molecular formula is C20H22O4. The Balaban J connectivity index is 2.14. The van der Waals surface area contributed by atoms with Crippen LogP contribution < -0.4 is 4.74 Å². The topological polar surface area (TPSA) is 55.8 Å². The standard InChI is InChI=1S/C20H22O4/c1-11-7-14(9-15(8-11)20(22)23-4)16-5-6-17-18(13(16)3)19(21)12(2)10-24-17/h5-9,12,19,21H,10H2,1-4H3/t12-,19?/m1/s1. The number of fused-ring (bicyclic) bond motifs is 1. The maximum absolute atomic E-state index is 11.9. The van der Waals surface area contributed by atoms with Gasteiger partial charge in [-0.1, -0.05) is 19.1 Å². The van der Waals surface area contributed by atoms with Crippen molar-refractivity contribution in [3.8, 4) is 16.9 Å². The summed E-state index contributed by atoms with van der Waals surface area (Å²) in [5, 5.41) is 10.6. The molecule has 0 saturated carbocycles. The van der Waals surface area contributed by atoms with Crippen LogP contribution in [0.2, 0.25) is 0 Å². The lowest BCUT2D eigenvalue weighted by atomic mass is 9.87. The molecule has 3 rings (SSSR count). The van der Waals surface area contributed by atoms with Crippen molar-refractivity contribution in [2.45, 2.75) is 26.9 Å². The van der Waals surface area contributed by atoms with E-state index in [2.05, 4.69) is 0 Å². The van der Waals surface area contributed by atoms with Crippen molar-refractivity contribution in [2.75, 3.05) is 13.7 Å². The number of aliphatic hydroxyl groups excluding tert-OH is 1. The van der Waals surface area contributed by atoms with Crippen molar-refractivity contribution in [2.24, 2.45) is 5.92 Å². The van der Waals surface area contributed by atoms with Gasteiger partial charge in [0.15, 0.2) is 0 Å². The van der Waals surface area contributed by atoms with Crippen molar-refractivity contribution in [3.63, 3.8) is 0 Å². The van der Waals surface area contributed by atoms with E-state index in [4.69, 9.17) is 9.47 Å². The number of ether oxygens (including phenoxy) is 2. The first kappa shape index (κ1) is 16.5. The third kappa shape index (κ3) is 2.78. The highest BCUT2D eigenvalue weighted by molar-refractivity contribution is 5.91. The molecule has 0 spiro atoms. The number of aliphatic hydroxyl groups is 1. The Labute approximate surface area is 142 Å². The second kappa shape index (κ2) is 6.29. The van der Waals surface area contributed by atoms with E-state index in [0.29, 0.717) is 12.2 Å². The zero-order chi connectivity index (χ0) is 17.4. The minimum Gasteiger partial charge on any atom is -0.493 e. The van der Waals surface area contributed by atoms with Gasteiger partial charge in [-0.05, 0) is 54.3 Å². The summed E-state index contributed by atoms with van der Waals surface area (Å²) in [5.41, 5.74) is 5.24. The molecule has 1 heterocycles. The number of hydrogen-bond donors (Lipinski definition) is 1. The van der Waals surface area contributed by atoms with Gasteiger partial charge in [0, 0.05) is 11.5 Å². The van der Waals surface area contributed by atoms with Gasteiger partial charge < -0.3 is 14.6 Å². The summed E-state index contributed by atoms with van der Waals surface area (Å²) in [6.45, 7) is 6.42. The lowest BCUT2D eigenvalue weighted by molar-refractivity contribution is 0.0594. The highest BCUT2D eigenvalue weighted by atomic mass is 16.5. The van der Waals surface area contributed by atoms with E-state index >= 15 is 0 Å². The van der Waals surface area contributed by atoms with Gasteiger partial charge >= 0.3 is 5.97 Å². The van der Waals surface area contributed by atoms with Gasteiger partial charge in [-0.25, -0.2) is 4.79 Å². The molecule has 0 fully saturated rings. The van der Waals surface area contributed by atoms with Gasteiger partial charge in [0.2, 0.25) is 0 Å². The number of carbonyl (C=O) groups is 1. The minimum absolute atomic E-state index is 0.0505. The highest BCUT2D eigenvalue weighted by Crippen LogP contribution is 2.41. The summed E-state index contributed by atoms with van der Waals surface area (Å²) >= 11 is 0. The third-order valence-corrected chi connectivity index (χ3v) is 4.62. The summed E-state index contributed by atoms with van der Waals surface area (Å²) in [7, 11) is 1.38. The van der Waals surface area contributed by atoms with Gasteiger partial charge in [0.25, 0.3) is 0 Å². The Kier molecular flexibility index (Phi) is 4.33. The number of methoxy groups -OCH3 is 1. The summed E-state index contributed by atoms with van der Waals surface area (Å²) in [6, 6.07) is 9.54. The van der Waals surface area contributed by atoms with Crippen LogP contribution in [0.4, 0.5) is 0 Å². The molecule has 0 saturated heterocycles. The molecule has 0 bridgehead atoms. The number of esters is 1. The van der Waals surface area contributed by atoms with Crippen molar-refractivity contribution in [1.29, 1.82) is 0 Å². The molecule has 4 nitrogen and oxygen atoms in total. The molecule has 0 aromatic heterocycles. The zero-order valence-electron chi connectivity index (χ0n) is 14.4. The summed E-state index contributed by atoms with van der Waals surface area (Å²) in [4.78, 5) is 11.9. The second-order valence-electron chi connectivity index (χ2n) is 6.46. The van der Waals surface area contributed by atoms with Gasteiger partial charge in [0.1, 0.15) is 5.75 Å². The first-order chi connectivity index (χ1) is 11.4. The van der Waals surface area contributed by atoms with Crippen LogP contribution in [-0.4, -0.2) is 24.8 Å². The number of rotatable bonds is 2. The first-order valence-electron chi connectivity index (χ1n) is 8.07. The van der Waals surface area contributed by atoms with Crippen LogP contribution in [0.5, 0.6) is 5.75 Å². The fourth-order valence-corrected chi connectivity index (χ4v) is 3.28. The lowest BCUT2D eigenvalue weighted by Gasteiger charge is -2.30. The summed E-state index contributed by atoms with van der Waals surface area (Å²) in [5.74, 6) is 0.435. The molecule has 0 amide bonds. The third-order valence-electron chi connectivity index (χ3n) is 4.62. The van der Waals surface area contributed by atoms with Crippen molar-refractivity contribution >= 4 is 5.97 Å². The van der Waals surface area contributed by atoms with E-state index in [1.54, 1.807) is 0 Å². The van der Waals surface area contributed by atoms with Crippen LogP contribution in [0.3, 0.4) is 0 Å². The Morgan fingerprint density at radius 1 is 1.25 bits per heavy atom. The van der Waals surface area contributed by atoms with E-state index < -0.39 is 6.10 Å². The van der Waals surface area contributed by atoms with Gasteiger partial charge in [-0.2, -0.15) is 0 Å². The van der Waals surface area contributed by atoms with Gasteiger partial charge in [0.05, 0.1) is 25.4 Å². The Morgan fingerprint density at radius 2 is 2.00 bits per heavy atom. The molecule has 1 aliphatic rings. The number of hydrogen-bond acceptors (Lipinski definition) is 4. The molecule has 126 valence electrons. The molecule has 0 radical (unpaired) electrons. The molecule has 1 N–H and O–H groups in total. The fraction of sp³-hybridized carbons (Fsp3) is 0.350. The van der Waals surface area contributed by atoms with Crippen molar-refractivity contribution < 1.29 is 19.4 Å². The highest BCUT2D eigenvalue weighted by Gasteiger charge is 2.28. The maximum atomic E-state index is 11.9. The Bertz CT molecular complexity index is 794. The van der Waals surface area contributed by atoms with E-state index in [1.807, 2.05) is 51.1 Å². The largest absolute Gasteiger partial charge is 0.493 e. The average Bonchev–Trinajstić information content (AvgIpc) is 2.57. The van der Waals surface area contributed by atoms with E-state index in [-0.39, 0.29) is 11.9 Å². The van der Waals surface area contributed by atoms with Crippen molar-refractivity contribution in [1.82, 2.24) is 0 Å². The molecule has 1 unspecified atom stereocenters. The molecule has 2 aromatic rings. The smallest absolute Gasteiger partial charge is 0.337 e. The van der Waals surface area contributed by atoms with Crippen LogP contribution in [0.25, 0.3) is 11.1 Å². The molecule has 2 atom stereocenters. The molecule has 1 aliphatic heterocycles. The molecule has 24 heavy (non-hydrogen) atoms. The minimum atomic E-state index is -0.543. The molecular weight excluding hydrogens is 304 g/mol. The number of carbonyl (C=O) groups excluding carboxylic acids is 1. The fourth-order valence-electron chi connectivity index (χ4n) is 3.28. The van der Waals surface area contributed by atoms with E-state index in [9.17, 15) is 9.90 Å². The van der Waals surface area contributed by atoms with Crippen LogP contribution in [-0.2, 0) is 4.74 Å². The van der Waals surface area contributed by atoms with Crippen LogP contribution >= 0.6 is 0 Å². The van der Waals surface area contributed by atoms with Crippen LogP contribution in [0.1, 0.15) is 40.1 Å². The van der Waals surface area contributed by atoms with Gasteiger partial charge in [-0.3, -0.25) is 0 Å². The number of benzene rings is 2. The lowest BCUT2D eigenvalue weighted by Crippen LogP contribution is -2.24. The summed E-state index contributed by atoms with van der Waals surface area (Å²) < 4.78 is 10.6. The predicted molar refractivity (Wildman–Crippen MR) is 92.3 cm³/mol. The molecule has 0 aliphatic carbocycles. The predicted octanol–water partition coefficient (Wildman–Crippen LogP) is 3.82. The monoisotopic (exact) mass is 326 g/mol. The normalized spacial score (nSPS) is 19.4. The average molecular weight is 326 g/mol. The van der Waals surface area contributed by atoms with E-state index in [1.165, 1.54) is 7.11 Å². The first-order valence-corrected chi connectivity index (χ1v) is 8.07. The zero-order valence-corrected chi connectivity index (χ0v) is 14.4. The molecule has 4 heteroatoms. The second-order valence-corrected chi connectivity index (χ2v) is 6.46.